The molecule has 0 aromatic heterocycles. The summed E-state index contributed by atoms with van der Waals surface area (Å²) >= 11 is 0. The van der Waals surface area contributed by atoms with Gasteiger partial charge >= 0.3 is 0 Å². The number of nitrogens with one attached hydrogen (secondary N) is 2. The zero-order valence-corrected chi connectivity index (χ0v) is 28.1. The molecule has 2 atom stereocenters. The van der Waals surface area contributed by atoms with Crippen LogP contribution in [0.15, 0.2) is 82.6 Å². The second kappa shape index (κ2) is 14.7. The smallest absolute Gasteiger partial charge is 0.243 e. The fraction of sp³-hybridized carbons (Fsp3) is 0.424. The molecule has 252 valence electrons. The van der Waals surface area contributed by atoms with E-state index >= 15 is 0 Å². The number of nitrogens with zero attached hydrogens (tertiary/aromatic N) is 3. The van der Waals surface area contributed by atoms with Gasteiger partial charge in [0.25, 0.3) is 0 Å². The summed E-state index contributed by atoms with van der Waals surface area (Å²) in [5.41, 5.74) is 2.26. The van der Waals surface area contributed by atoms with Gasteiger partial charge in [-0.3, -0.25) is 0 Å². The minimum atomic E-state index is -3.71. The van der Waals surface area contributed by atoms with Gasteiger partial charge in [-0.25, -0.2) is 21.6 Å². The van der Waals surface area contributed by atoms with E-state index in [2.05, 4.69) is 16.2 Å². The first-order valence-electron chi connectivity index (χ1n) is 15.5. The highest BCUT2D eigenvalue weighted by atomic mass is 32.2. The number of aliphatic hydroxyl groups is 1. The predicted molar refractivity (Wildman–Crippen MR) is 176 cm³/mol. The molecule has 3 N–H and O–H groups in total. The molecule has 3 aromatic carbocycles. The zero-order chi connectivity index (χ0) is 33.7. The van der Waals surface area contributed by atoms with Gasteiger partial charge in [0, 0.05) is 38.8 Å². The van der Waals surface area contributed by atoms with Crippen molar-refractivity contribution < 1.29 is 31.4 Å². The minimum Gasteiger partial charge on any atom is -0.491 e. The molecule has 0 radical (unpaired) electrons. The summed E-state index contributed by atoms with van der Waals surface area (Å²) in [5, 5.41) is 22.8. The largest absolute Gasteiger partial charge is 0.491 e. The van der Waals surface area contributed by atoms with E-state index in [1.54, 1.807) is 37.4 Å². The highest BCUT2D eigenvalue weighted by Gasteiger charge is 2.44. The molecule has 2 aliphatic heterocycles. The van der Waals surface area contributed by atoms with Gasteiger partial charge in [0.1, 0.15) is 18.5 Å². The first kappa shape index (κ1) is 34.8. The van der Waals surface area contributed by atoms with Crippen LogP contribution in [0.5, 0.6) is 5.75 Å². The maximum Gasteiger partial charge on any atom is 0.243 e. The summed E-state index contributed by atoms with van der Waals surface area (Å²) in [7, 11) is -4.25. The molecular formula is C33H41N5O7S2. The summed E-state index contributed by atoms with van der Waals surface area (Å²) in [6.07, 6.45) is 3.09. The third kappa shape index (κ3) is 8.49. The van der Waals surface area contributed by atoms with E-state index in [4.69, 9.17) is 14.7 Å². The number of sulfonamides is 2. The first-order valence-corrected chi connectivity index (χ1v) is 18.4. The van der Waals surface area contributed by atoms with Crippen molar-refractivity contribution in [1.29, 1.82) is 5.26 Å². The Kier molecular flexibility index (Phi) is 10.9. The lowest BCUT2D eigenvalue weighted by atomic mass is 9.88. The highest BCUT2D eigenvalue weighted by Crippen LogP contribution is 2.37. The van der Waals surface area contributed by atoms with Crippen molar-refractivity contribution in [2.75, 3.05) is 46.9 Å². The van der Waals surface area contributed by atoms with Crippen molar-refractivity contribution in [3.63, 3.8) is 0 Å². The van der Waals surface area contributed by atoms with Crippen molar-refractivity contribution >= 4 is 20.0 Å². The number of piperidine rings is 1. The van der Waals surface area contributed by atoms with E-state index in [-0.39, 0.29) is 29.0 Å². The molecular weight excluding hydrogens is 643 g/mol. The van der Waals surface area contributed by atoms with Gasteiger partial charge in [-0.2, -0.15) is 9.57 Å². The fourth-order valence-corrected chi connectivity index (χ4v) is 8.21. The maximum atomic E-state index is 13.6. The number of rotatable bonds is 13. The lowest BCUT2D eigenvalue weighted by Crippen LogP contribution is -2.47. The zero-order valence-electron chi connectivity index (χ0n) is 26.5. The third-order valence-electron chi connectivity index (χ3n) is 8.66. The summed E-state index contributed by atoms with van der Waals surface area (Å²) < 4.78 is 66.9. The van der Waals surface area contributed by atoms with Crippen molar-refractivity contribution in [3.05, 3.63) is 78.4 Å². The Labute approximate surface area is 277 Å². The molecule has 12 nitrogen and oxygen atoms in total. The second-order valence-corrected chi connectivity index (χ2v) is 15.9. The van der Waals surface area contributed by atoms with E-state index in [9.17, 15) is 21.9 Å². The molecule has 2 saturated heterocycles. The van der Waals surface area contributed by atoms with Crippen LogP contribution >= 0.6 is 0 Å². The number of hydrogen-bond acceptors (Lipinski definition) is 10. The van der Waals surface area contributed by atoms with Crippen molar-refractivity contribution in [3.8, 4) is 23.1 Å². The molecule has 2 heterocycles. The summed E-state index contributed by atoms with van der Waals surface area (Å²) in [5.74, 6) is 0.340. The average Bonchev–Trinajstić information content (AvgIpc) is 3.48. The second-order valence-electron chi connectivity index (χ2n) is 12.0. The number of ether oxygens (including phenoxy) is 2. The quantitative estimate of drug-likeness (QED) is 0.180. The van der Waals surface area contributed by atoms with Crippen LogP contribution in [0.25, 0.3) is 11.1 Å². The van der Waals surface area contributed by atoms with Crippen LogP contribution in [-0.4, -0.2) is 95.8 Å². The molecule has 0 amide bonds. The molecule has 3 aromatic rings. The monoisotopic (exact) mass is 683 g/mol. The standard InChI is InChI=1S/C33H41N5O7S2/c1-35-46(40,41)31-7-4-6-30(18-31)44-23-29(39)20-36-28-19-33(45-22-28)13-15-38(16-14-33)47(42,43)32-8-3-5-27(17-32)26-11-9-25(10-12-26)21-37(2)24-34/h3-12,17-18,28-29,35-36,39H,13-16,19-23H2,1-2H3/t28?,29-/m0/s1. The molecule has 47 heavy (non-hydrogen) atoms. The lowest BCUT2D eigenvalue weighted by Gasteiger charge is -2.38. The van der Waals surface area contributed by atoms with E-state index < -0.39 is 31.8 Å². The van der Waals surface area contributed by atoms with Crippen molar-refractivity contribution in [1.82, 2.24) is 19.2 Å². The normalized spacial score (nSPS) is 18.9. The molecule has 2 fully saturated rings. The molecule has 14 heteroatoms. The molecule has 0 bridgehead atoms. The maximum absolute atomic E-state index is 13.6. The van der Waals surface area contributed by atoms with Gasteiger partial charge in [0.2, 0.25) is 20.0 Å². The van der Waals surface area contributed by atoms with Crippen LogP contribution in [0.3, 0.4) is 0 Å². The van der Waals surface area contributed by atoms with Gasteiger partial charge in [0.15, 0.2) is 6.19 Å². The lowest BCUT2D eigenvalue weighted by molar-refractivity contribution is -0.0312. The van der Waals surface area contributed by atoms with Crippen molar-refractivity contribution in [2.24, 2.45) is 0 Å². The Morgan fingerprint density at radius 1 is 1.04 bits per heavy atom. The van der Waals surface area contributed by atoms with Crippen molar-refractivity contribution in [2.45, 2.75) is 53.3 Å². The molecule has 0 saturated carbocycles. The van der Waals surface area contributed by atoms with E-state index in [0.29, 0.717) is 51.3 Å². The van der Waals surface area contributed by atoms with E-state index in [1.807, 2.05) is 30.3 Å². The van der Waals surface area contributed by atoms with Crippen LogP contribution in [0, 0.1) is 11.5 Å². The summed E-state index contributed by atoms with van der Waals surface area (Å²) in [6, 6.07) is 20.8. The summed E-state index contributed by atoms with van der Waals surface area (Å²) in [6.45, 7) is 1.89. The topological polar surface area (TPSA) is 161 Å². The highest BCUT2D eigenvalue weighted by molar-refractivity contribution is 7.89. The number of hydrogen-bond donors (Lipinski definition) is 3. The molecule has 1 spiro atoms. The van der Waals surface area contributed by atoms with Gasteiger partial charge < -0.3 is 24.8 Å². The van der Waals surface area contributed by atoms with Gasteiger partial charge in [-0.15, -0.1) is 0 Å². The van der Waals surface area contributed by atoms with Gasteiger partial charge in [-0.05, 0) is 67.3 Å². The van der Waals surface area contributed by atoms with Crippen LogP contribution < -0.4 is 14.8 Å². The Morgan fingerprint density at radius 3 is 2.45 bits per heavy atom. The molecule has 1 unspecified atom stereocenters. The fourth-order valence-electron chi connectivity index (χ4n) is 5.96. The van der Waals surface area contributed by atoms with Gasteiger partial charge in [-0.1, -0.05) is 42.5 Å². The molecule has 0 aliphatic carbocycles. The van der Waals surface area contributed by atoms with Gasteiger partial charge in [0.05, 0.1) is 28.5 Å². The van der Waals surface area contributed by atoms with Crippen LogP contribution in [0.1, 0.15) is 24.8 Å². The molecule has 5 rings (SSSR count). The number of nitriles is 1. The number of benzene rings is 3. The van der Waals surface area contributed by atoms with Crippen LogP contribution in [-0.2, 0) is 31.3 Å². The van der Waals surface area contributed by atoms with E-state index in [1.165, 1.54) is 28.4 Å². The Hall–Kier alpha value is -3.55. The van der Waals surface area contributed by atoms with Crippen LogP contribution in [0.2, 0.25) is 0 Å². The van der Waals surface area contributed by atoms with E-state index in [0.717, 1.165) is 16.7 Å². The minimum absolute atomic E-state index is 0.000257. The third-order valence-corrected chi connectivity index (χ3v) is 12.0. The first-order chi connectivity index (χ1) is 22.4. The Morgan fingerprint density at radius 2 is 1.74 bits per heavy atom. The van der Waals surface area contributed by atoms with Crippen LogP contribution in [0.4, 0.5) is 0 Å². The SMILES string of the molecule is CNS(=O)(=O)c1cccc(OC[C@@H](O)CNC2COC3(CCN(S(=O)(=O)c4cccc(-c5ccc(CN(C)C#N)cc5)c4)CC3)C2)c1. The predicted octanol–water partition coefficient (Wildman–Crippen LogP) is 2.52. The molecule has 2 aliphatic rings. The average molecular weight is 684 g/mol. The Balaban J connectivity index is 1.10. The Bertz CT molecular complexity index is 1790. The summed E-state index contributed by atoms with van der Waals surface area (Å²) in [4.78, 5) is 1.86. The number of aliphatic hydroxyl groups excluding tert-OH is 1.